The maximum absolute atomic E-state index is 6.34. The van der Waals surface area contributed by atoms with Crippen molar-refractivity contribution < 1.29 is 4.42 Å². The quantitative estimate of drug-likeness (QED) is 0.457. The molecule has 0 amide bonds. The summed E-state index contributed by atoms with van der Waals surface area (Å²) in [5.41, 5.74) is 5.37. The van der Waals surface area contributed by atoms with E-state index in [1.54, 1.807) is 0 Å². The highest BCUT2D eigenvalue weighted by Gasteiger charge is 2.23. The first kappa shape index (κ1) is 19.1. The minimum atomic E-state index is -0.0836. The van der Waals surface area contributed by atoms with Crippen molar-refractivity contribution in [2.45, 2.75) is 26.2 Å². The first-order valence-corrected chi connectivity index (χ1v) is 9.09. The van der Waals surface area contributed by atoms with Crippen molar-refractivity contribution in [3.05, 3.63) is 42.0 Å². The molecule has 0 N–H and O–H groups in total. The topological polar surface area (TPSA) is 13.1 Å². The summed E-state index contributed by atoms with van der Waals surface area (Å²) in [7, 11) is 30.9. The summed E-state index contributed by atoms with van der Waals surface area (Å²) in [6.45, 7) is 6.52. The van der Waals surface area contributed by atoms with Crippen LogP contribution in [0.3, 0.4) is 0 Å². The van der Waals surface area contributed by atoms with Gasteiger partial charge in [0.25, 0.3) is 0 Å². The van der Waals surface area contributed by atoms with Gasteiger partial charge in [0.15, 0.2) is 0 Å². The van der Waals surface area contributed by atoms with Crippen molar-refractivity contribution in [2.75, 3.05) is 0 Å². The third kappa shape index (κ3) is 2.69. The van der Waals surface area contributed by atoms with Gasteiger partial charge < -0.3 is 4.42 Å². The zero-order chi connectivity index (χ0) is 20.4. The van der Waals surface area contributed by atoms with Crippen LogP contribution in [0.25, 0.3) is 33.1 Å². The van der Waals surface area contributed by atoms with E-state index >= 15 is 0 Å². The number of benzene rings is 3. The minimum absolute atomic E-state index is 0.0836. The van der Waals surface area contributed by atoms with Gasteiger partial charge in [0.2, 0.25) is 0 Å². The number of fused-ring (bicyclic) bond motifs is 3. The van der Waals surface area contributed by atoms with Gasteiger partial charge in [0, 0.05) is 10.8 Å². The van der Waals surface area contributed by atoms with Gasteiger partial charge >= 0.3 is 0 Å². The van der Waals surface area contributed by atoms with Gasteiger partial charge in [-0.3, -0.25) is 0 Å². The molecule has 0 spiro atoms. The molecule has 0 unspecified atom stereocenters. The second-order valence-electron chi connectivity index (χ2n) is 8.15. The number of furan rings is 1. The van der Waals surface area contributed by atoms with E-state index < -0.39 is 0 Å². The second kappa shape index (κ2) is 6.41. The average molecular weight is 349 g/mol. The standard InChI is InChI=1S/C22H15B5O/c1-22(2,3)11-7-5-9-13-16(11)14-10(6-4-8-12(14)28-13)15-17(23)19(25)21(27)20(26)18(15)24/h4-9H,1-3H3. The Morgan fingerprint density at radius 1 is 0.643 bits per heavy atom. The zero-order valence-corrected chi connectivity index (χ0v) is 16.3. The Hall–Kier alpha value is -2.22. The lowest BCUT2D eigenvalue weighted by Crippen LogP contribution is -2.55. The molecule has 0 aliphatic rings. The van der Waals surface area contributed by atoms with Crippen LogP contribution in [-0.4, -0.2) is 39.2 Å². The summed E-state index contributed by atoms with van der Waals surface area (Å²) >= 11 is 0. The first-order valence-electron chi connectivity index (χ1n) is 9.09. The van der Waals surface area contributed by atoms with Crippen LogP contribution in [0.2, 0.25) is 0 Å². The van der Waals surface area contributed by atoms with Crippen molar-refractivity contribution in [2.24, 2.45) is 0 Å². The molecule has 0 bridgehead atoms. The van der Waals surface area contributed by atoms with E-state index in [0.717, 1.165) is 27.5 Å². The average Bonchev–Trinajstić information content (AvgIpc) is 3.03. The van der Waals surface area contributed by atoms with Crippen LogP contribution in [0.4, 0.5) is 0 Å². The van der Waals surface area contributed by atoms with Crippen molar-refractivity contribution in [3.8, 4) is 11.1 Å². The van der Waals surface area contributed by atoms with E-state index in [1.807, 2.05) is 30.3 Å². The second-order valence-corrected chi connectivity index (χ2v) is 8.15. The van der Waals surface area contributed by atoms with Gasteiger partial charge in [-0.25, -0.2) is 0 Å². The molecule has 0 atom stereocenters. The largest absolute Gasteiger partial charge is 0.456 e. The Morgan fingerprint density at radius 3 is 1.71 bits per heavy atom. The van der Waals surface area contributed by atoms with Gasteiger partial charge in [-0.1, -0.05) is 56.0 Å². The molecule has 1 aromatic heterocycles. The molecule has 0 saturated carbocycles. The van der Waals surface area contributed by atoms with Gasteiger partial charge in [-0.2, -0.15) is 0 Å². The van der Waals surface area contributed by atoms with Crippen LogP contribution in [0.1, 0.15) is 26.3 Å². The van der Waals surface area contributed by atoms with Gasteiger partial charge in [0.05, 0.1) is 0 Å². The van der Waals surface area contributed by atoms with Crippen LogP contribution in [0, 0.1) is 0 Å². The molecular formula is C22H15B5O. The van der Waals surface area contributed by atoms with E-state index in [9.17, 15) is 0 Å². The molecule has 28 heavy (non-hydrogen) atoms. The van der Waals surface area contributed by atoms with Gasteiger partial charge in [0.1, 0.15) is 50.4 Å². The molecule has 0 saturated heterocycles. The van der Waals surface area contributed by atoms with Crippen molar-refractivity contribution in [3.63, 3.8) is 0 Å². The molecule has 0 fully saturated rings. The van der Waals surface area contributed by atoms with E-state index in [-0.39, 0.29) is 21.8 Å². The fourth-order valence-electron chi connectivity index (χ4n) is 3.84. The van der Waals surface area contributed by atoms with Crippen LogP contribution in [-0.2, 0) is 5.41 Å². The van der Waals surface area contributed by atoms with Crippen LogP contribution >= 0.6 is 0 Å². The highest BCUT2D eigenvalue weighted by atomic mass is 16.3. The lowest BCUT2D eigenvalue weighted by Gasteiger charge is -2.23. The Morgan fingerprint density at radius 2 is 1.14 bits per heavy atom. The summed E-state index contributed by atoms with van der Waals surface area (Å²) in [5.74, 6) is 0. The van der Waals surface area contributed by atoms with Crippen molar-refractivity contribution >= 4 is 88.5 Å². The molecule has 1 heterocycles. The third-order valence-corrected chi connectivity index (χ3v) is 5.30. The summed E-state index contributed by atoms with van der Waals surface area (Å²) < 4.78 is 6.15. The highest BCUT2D eigenvalue weighted by Crippen LogP contribution is 2.40. The molecule has 3 aromatic carbocycles. The molecule has 0 aliphatic heterocycles. The Balaban J connectivity index is 2.23. The maximum atomic E-state index is 6.34. The smallest absolute Gasteiger partial charge is 0.136 e. The minimum Gasteiger partial charge on any atom is -0.456 e. The van der Waals surface area contributed by atoms with Crippen molar-refractivity contribution in [1.82, 2.24) is 0 Å². The van der Waals surface area contributed by atoms with E-state index in [4.69, 9.17) is 43.6 Å². The summed E-state index contributed by atoms with van der Waals surface area (Å²) in [6, 6.07) is 11.9. The Labute approximate surface area is 172 Å². The summed E-state index contributed by atoms with van der Waals surface area (Å²) in [6.07, 6.45) is 0. The lowest BCUT2D eigenvalue weighted by molar-refractivity contribution is 0.594. The van der Waals surface area contributed by atoms with Crippen LogP contribution in [0.5, 0.6) is 0 Å². The molecule has 10 radical (unpaired) electrons. The predicted octanol–water partition coefficient (Wildman–Crippen LogP) is 0.520. The molecule has 6 heteroatoms. The Kier molecular flexibility index (Phi) is 4.37. The SMILES string of the molecule is [B]c1c([B])c([B])c(-c2cccc3oc4cccc(C(C)(C)C)c4c23)c([B])c1[B]. The number of rotatable bonds is 1. The molecule has 124 valence electrons. The number of hydrogen-bond donors (Lipinski definition) is 0. The normalized spacial score (nSPS) is 12.1. The van der Waals surface area contributed by atoms with E-state index in [1.165, 1.54) is 5.56 Å². The molecular weight excluding hydrogens is 334 g/mol. The van der Waals surface area contributed by atoms with Gasteiger partial charge in [-0.05, 0) is 34.2 Å². The first-order chi connectivity index (χ1) is 13.1. The number of hydrogen-bond acceptors (Lipinski definition) is 1. The zero-order valence-electron chi connectivity index (χ0n) is 16.3. The highest BCUT2D eigenvalue weighted by molar-refractivity contribution is 6.68. The lowest BCUT2D eigenvalue weighted by atomic mass is 9.59. The summed E-state index contributed by atoms with van der Waals surface area (Å²) in [4.78, 5) is 0. The molecule has 1 nitrogen and oxygen atoms in total. The molecule has 0 aliphatic carbocycles. The fourth-order valence-corrected chi connectivity index (χ4v) is 3.84. The maximum Gasteiger partial charge on any atom is 0.136 e. The molecule has 4 rings (SSSR count). The third-order valence-electron chi connectivity index (χ3n) is 5.30. The van der Waals surface area contributed by atoms with Crippen molar-refractivity contribution in [1.29, 1.82) is 0 Å². The fraction of sp³-hybridized carbons (Fsp3) is 0.182. The van der Waals surface area contributed by atoms with Crippen LogP contribution in [0.15, 0.2) is 40.8 Å². The Bertz CT molecular complexity index is 1220. The van der Waals surface area contributed by atoms with E-state index in [2.05, 4.69) is 26.8 Å². The van der Waals surface area contributed by atoms with Crippen LogP contribution < -0.4 is 27.3 Å². The predicted molar refractivity (Wildman–Crippen MR) is 125 cm³/mol. The summed E-state index contributed by atoms with van der Waals surface area (Å²) in [5, 5.41) is 1.97. The monoisotopic (exact) mass is 350 g/mol. The van der Waals surface area contributed by atoms with Gasteiger partial charge in [-0.15, -0.1) is 16.4 Å². The van der Waals surface area contributed by atoms with E-state index in [0.29, 0.717) is 16.5 Å². The molecule has 4 aromatic rings.